The average molecular weight is 364 g/mol. The van der Waals surface area contributed by atoms with Crippen LogP contribution in [0.5, 0.6) is 0 Å². The molecule has 4 fully saturated rings. The number of fused-ring (bicyclic) bond motifs is 5. The zero-order valence-corrected chi connectivity index (χ0v) is 15.7. The molecule has 0 spiro atoms. The van der Waals surface area contributed by atoms with E-state index in [9.17, 15) is 19.5 Å². The fourth-order valence-electron chi connectivity index (χ4n) is 7.50. The van der Waals surface area contributed by atoms with E-state index in [0.29, 0.717) is 32.1 Å². The van der Waals surface area contributed by atoms with E-state index in [-0.39, 0.29) is 53.4 Å². The van der Waals surface area contributed by atoms with Gasteiger partial charge in [0.15, 0.2) is 5.78 Å². The summed E-state index contributed by atoms with van der Waals surface area (Å²) in [5, 5.41) is 9.33. The van der Waals surface area contributed by atoms with Gasteiger partial charge < -0.3 is 5.11 Å². The van der Waals surface area contributed by atoms with Crippen LogP contribution in [0.2, 0.25) is 0 Å². The zero-order valence-electron chi connectivity index (χ0n) is 15.7. The second-order valence-electron chi connectivity index (χ2n) is 9.76. The molecule has 5 heteroatoms. The maximum atomic E-state index is 15.2. The predicted octanol–water partition coefficient (Wildman–Crippen LogP) is 2.90. The van der Waals surface area contributed by atoms with Crippen molar-refractivity contribution in [2.45, 2.75) is 65.0 Å². The van der Waals surface area contributed by atoms with Crippen LogP contribution in [0.3, 0.4) is 0 Å². The Bertz CT molecular complexity index is 660. The lowest BCUT2D eigenvalue weighted by Gasteiger charge is -2.59. The maximum absolute atomic E-state index is 15.2. The number of aliphatic hydroxyl groups excluding tert-OH is 1. The molecule has 144 valence electrons. The predicted molar refractivity (Wildman–Crippen MR) is 93.0 cm³/mol. The molecule has 0 saturated heterocycles. The Balaban J connectivity index is 1.71. The first-order valence-electron chi connectivity index (χ1n) is 10.0. The van der Waals surface area contributed by atoms with Crippen LogP contribution in [0, 0.1) is 40.4 Å². The molecule has 0 amide bonds. The van der Waals surface area contributed by atoms with Gasteiger partial charge in [-0.3, -0.25) is 14.4 Å². The molecule has 26 heavy (non-hydrogen) atoms. The van der Waals surface area contributed by atoms with E-state index in [1.807, 2.05) is 13.8 Å². The fourth-order valence-corrected chi connectivity index (χ4v) is 7.50. The van der Waals surface area contributed by atoms with Crippen molar-refractivity contribution < 1.29 is 23.9 Å². The molecule has 0 bridgehead atoms. The van der Waals surface area contributed by atoms with Crippen LogP contribution in [0.15, 0.2) is 0 Å². The minimum atomic E-state index is -1.05. The molecule has 4 aliphatic carbocycles. The quantitative estimate of drug-likeness (QED) is 0.818. The van der Waals surface area contributed by atoms with Crippen molar-refractivity contribution in [2.24, 2.45) is 40.4 Å². The number of ketones is 3. The van der Waals surface area contributed by atoms with Crippen LogP contribution in [0.25, 0.3) is 0 Å². The van der Waals surface area contributed by atoms with Crippen LogP contribution in [-0.2, 0) is 14.4 Å². The van der Waals surface area contributed by atoms with Gasteiger partial charge in [0.05, 0.1) is 0 Å². The Kier molecular flexibility index (Phi) is 4.18. The maximum Gasteiger partial charge on any atom is 0.161 e. The highest BCUT2D eigenvalue weighted by molar-refractivity contribution is 5.88. The third-order valence-corrected chi connectivity index (χ3v) is 8.68. The van der Waals surface area contributed by atoms with E-state index in [2.05, 4.69) is 0 Å². The topological polar surface area (TPSA) is 71.4 Å². The van der Waals surface area contributed by atoms with Gasteiger partial charge >= 0.3 is 0 Å². The van der Waals surface area contributed by atoms with Crippen LogP contribution >= 0.6 is 0 Å². The summed E-state index contributed by atoms with van der Waals surface area (Å²) in [6.45, 7) is 3.55. The number of rotatable bonds is 2. The van der Waals surface area contributed by atoms with Gasteiger partial charge in [-0.25, -0.2) is 4.39 Å². The van der Waals surface area contributed by atoms with Gasteiger partial charge in [0.25, 0.3) is 0 Å². The Morgan fingerprint density at radius 3 is 2.62 bits per heavy atom. The second-order valence-corrected chi connectivity index (χ2v) is 9.76. The molecule has 4 nitrogen and oxygen atoms in total. The van der Waals surface area contributed by atoms with Crippen LogP contribution in [-0.4, -0.2) is 35.2 Å². The van der Waals surface area contributed by atoms with E-state index in [0.717, 1.165) is 6.42 Å². The van der Waals surface area contributed by atoms with Gasteiger partial charge in [0.2, 0.25) is 0 Å². The number of Topliss-reactive ketones (excluding diaryl/α,β-unsaturated/α-hetero) is 3. The van der Waals surface area contributed by atoms with E-state index < -0.39 is 23.6 Å². The molecule has 4 aliphatic rings. The van der Waals surface area contributed by atoms with Crippen molar-refractivity contribution in [3.05, 3.63) is 0 Å². The van der Waals surface area contributed by atoms with Crippen molar-refractivity contribution in [3.8, 4) is 0 Å². The third kappa shape index (κ3) is 2.31. The van der Waals surface area contributed by atoms with Crippen molar-refractivity contribution in [1.29, 1.82) is 0 Å². The molecule has 0 radical (unpaired) electrons. The molecule has 4 saturated carbocycles. The van der Waals surface area contributed by atoms with Crippen LogP contribution in [0.1, 0.15) is 58.8 Å². The molecule has 0 heterocycles. The van der Waals surface area contributed by atoms with E-state index in [1.165, 1.54) is 0 Å². The highest BCUT2D eigenvalue weighted by Gasteiger charge is 2.65. The summed E-state index contributed by atoms with van der Waals surface area (Å²) in [5.74, 6) is -0.610. The molecule has 0 aromatic carbocycles. The number of hydrogen-bond donors (Lipinski definition) is 1. The van der Waals surface area contributed by atoms with Crippen molar-refractivity contribution in [3.63, 3.8) is 0 Å². The molecule has 0 aromatic rings. The minimum Gasteiger partial charge on any atom is -0.389 e. The standard InChI is InChI=1S/C21H29FO4/c1-20-6-5-11(24)7-15(20)16(22)8-12-13-3-4-14(18(26)10-23)21(13,2)9-17(25)19(12)20/h12-16,19,23H,3-10H2,1-2H3/t12-,13-,14+,15-,16+,19+,20-,21-/m0/s1. The summed E-state index contributed by atoms with van der Waals surface area (Å²) in [5.41, 5.74) is -0.890. The monoisotopic (exact) mass is 364 g/mol. The van der Waals surface area contributed by atoms with Crippen molar-refractivity contribution >= 4 is 17.3 Å². The Hall–Kier alpha value is -1.10. The first-order valence-corrected chi connectivity index (χ1v) is 10.0. The number of carbonyl (C=O) groups excluding carboxylic acids is 3. The molecular formula is C21H29FO4. The number of aliphatic hydroxyl groups is 1. The lowest BCUT2D eigenvalue weighted by Crippen LogP contribution is -2.60. The Morgan fingerprint density at radius 2 is 1.92 bits per heavy atom. The van der Waals surface area contributed by atoms with Gasteiger partial charge in [-0.2, -0.15) is 0 Å². The zero-order chi connectivity index (χ0) is 18.9. The summed E-state index contributed by atoms with van der Waals surface area (Å²) in [6.07, 6.45) is 2.47. The van der Waals surface area contributed by atoms with Crippen LogP contribution in [0.4, 0.5) is 4.39 Å². The normalized spacial score (nSPS) is 50.8. The first kappa shape index (κ1) is 18.3. The first-order chi connectivity index (χ1) is 12.2. The van der Waals surface area contributed by atoms with Crippen molar-refractivity contribution in [2.75, 3.05) is 6.61 Å². The smallest absolute Gasteiger partial charge is 0.161 e. The number of halogens is 1. The summed E-state index contributed by atoms with van der Waals surface area (Å²) in [6, 6.07) is 0. The van der Waals surface area contributed by atoms with Gasteiger partial charge in [-0.05, 0) is 48.3 Å². The van der Waals surface area contributed by atoms with Gasteiger partial charge in [0.1, 0.15) is 24.3 Å². The molecule has 1 N–H and O–H groups in total. The summed E-state index contributed by atoms with van der Waals surface area (Å²) in [7, 11) is 0. The summed E-state index contributed by atoms with van der Waals surface area (Å²) in [4.78, 5) is 37.5. The summed E-state index contributed by atoms with van der Waals surface area (Å²) < 4.78 is 15.2. The second kappa shape index (κ2) is 5.95. The molecule has 8 atom stereocenters. The molecule has 4 rings (SSSR count). The molecule has 0 aromatic heterocycles. The molecule has 0 aliphatic heterocycles. The Morgan fingerprint density at radius 1 is 1.19 bits per heavy atom. The summed E-state index contributed by atoms with van der Waals surface area (Å²) >= 11 is 0. The molecule has 0 unspecified atom stereocenters. The van der Waals surface area contributed by atoms with E-state index in [1.54, 1.807) is 0 Å². The average Bonchev–Trinajstić information content (AvgIpc) is 2.92. The largest absolute Gasteiger partial charge is 0.389 e. The Labute approximate surface area is 153 Å². The third-order valence-electron chi connectivity index (χ3n) is 8.68. The fraction of sp³-hybridized carbons (Fsp3) is 0.857. The lowest BCUT2D eigenvalue weighted by molar-refractivity contribution is -0.170. The van der Waals surface area contributed by atoms with Gasteiger partial charge in [0, 0.05) is 37.0 Å². The highest BCUT2D eigenvalue weighted by Crippen LogP contribution is 2.66. The van der Waals surface area contributed by atoms with Gasteiger partial charge in [-0.1, -0.05) is 13.8 Å². The minimum absolute atomic E-state index is 0.0396. The number of hydrogen-bond acceptors (Lipinski definition) is 4. The number of carbonyl (C=O) groups is 3. The van der Waals surface area contributed by atoms with E-state index in [4.69, 9.17) is 0 Å². The number of alkyl halides is 1. The molecular weight excluding hydrogens is 335 g/mol. The lowest BCUT2D eigenvalue weighted by atomic mass is 9.44. The van der Waals surface area contributed by atoms with E-state index >= 15 is 4.39 Å². The SMILES string of the molecule is C[C@]12CCC(=O)C[C@H]1[C@H](F)C[C@H]1[C@@H]3CC[C@H](C(=O)CO)[C@@]3(C)CC(=O)[C@@H]12. The van der Waals surface area contributed by atoms with Crippen LogP contribution < -0.4 is 0 Å². The highest BCUT2D eigenvalue weighted by atomic mass is 19.1. The van der Waals surface area contributed by atoms with Crippen molar-refractivity contribution in [1.82, 2.24) is 0 Å². The van der Waals surface area contributed by atoms with Gasteiger partial charge in [-0.15, -0.1) is 0 Å².